The molecule has 17 heavy (non-hydrogen) atoms. The van der Waals surface area contributed by atoms with Gasteiger partial charge >= 0.3 is 0 Å². The van der Waals surface area contributed by atoms with Gasteiger partial charge < -0.3 is 10.2 Å². The summed E-state index contributed by atoms with van der Waals surface area (Å²) in [7, 11) is -3.84. The first-order chi connectivity index (χ1) is 8.12. The molecule has 2 aromatic heterocycles. The van der Waals surface area contributed by atoms with E-state index in [1.807, 2.05) is 0 Å². The fourth-order valence-electron chi connectivity index (χ4n) is 1.08. The minimum absolute atomic E-state index is 0.124. The zero-order valence-electron chi connectivity index (χ0n) is 8.57. The molecule has 0 aliphatic carbocycles. The number of nitrogens with one attached hydrogen (secondary N) is 1. The third kappa shape index (κ3) is 2.57. The van der Waals surface area contributed by atoms with Crippen LogP contribution in [0.25, 0.3) is 0 Å². The third-order valence-electron chi connectivity index (χ3n) is 1.81. The summed E-state index contributed by atoms with van der Waals surface area (Å²) in [4.78, 5) is 3.69. The standard InChI is InChI=1S/C8H9N5O3S/c9-5-6-1-2-7(16-6)17(14,15)13-8-10-3-4-11-12-8/h1-4H,5,9H2,(H,10,12,13). The van der Waals surface area contributed by atoms with Crippen molar-refractivity contribution in [3.63, 3.8) is 0 Å². The highest BCUT2D eigenvalue weighted by molar-refractivity contribution is 7.92. The Labute approximate surface area is 96.9 Å². The molecule has 9 heteroatoms. The van der Waals surface area contributed by atoms with Gasteiger partial charge in [-0.2, -0.15) is 13.5 Å². The number of hydrogen-bond acceptors (Lipinski definition) is 7. The van der Waals surface area contributed by atoms with Crippen LogP contribution >= 0.6 is 0 Å². The molecule has 0 unspecified atom stereocenters. The third-order valence-corrected chi connectivity index (χ3v) is 3.01. The Hall–Kier alpha value is -2.00. The van der Waals surface area contributed by atoms with Crippen molar-refractivity contribution in [3.8, 4) is 0 Å². The Morgan fingerprint density at radius 3 is 2.76 bits per heavy atom. The smallest absolute Gasteiger partial charge is 0.297 e. The molecule has 0 aliphatic rings. The Bertz CT molecular complexity index is 595. The van der Waals surface area contributed by atoms with E-state index in [0.717, 1.165) is 0 Å². The molecule has 0 radical (unpaired) electrons. The van der Waals surface area contributed by atoms with Gasteiger partial charge in [-0.1, -0.05) is 0 Å². The number of furan rings is 1. The van der Waals surface area contributed by atoms with Gasteiger partial charge in [0.05, 0.1) is 18.9 Å². The predicted molar refractivity (Wildman–Crippen MR) is 57.2 cm³/mol. The summed E-state index contributed by atoms with van der Waals surface area (Å²) in [5.74, 6) is 0.246. The van der Waals surface area contributed by atoms with E-state index < -0.39 is 10.0 Å². The van der Waals surface area contributed by atoms with Crippen LogP contribution in [0.2, 0.25) is 0 Å². The van der Waals surface area contributed by atoms with Gasteiger partial charge in [-0.05, 0) is 12.1 Å². The van der Waals surface area contributed by atoms with E-state index in [4.69, 9.17) is 10.2 Å². The van der Waals surface area contributed by atoms with Gasteiger partial charge in [0.2, 0.25) is 5.09 Å². The molecule has 0 aromatic carbocycles. The lowest BCUT2D eigenvalue weighted by atomic mass is 10.5. The van der Waals surface area contributed by atoms with Crippen molar-refractivity contribution in [1.82, 2.24) is 15.2 Å². The molecule has 0 fully saturated rings. The summed E-state index contributed by atoms with van der Waals surface area (Å²) in [5.41, 5.74) is 5.32. The van der Waals surface area contributed by atoms with Crippen LogP contribution in [0.3, 0.4) is 0 Å². The minimum Gasteiger partial charge on any atom is -0.446 e. The molecule has 0 aliphatic heterocycles. The summed E-state index contributed by atoms with van der Waals surface area (Å²) < 4.78 is 30.7. The van der Waals surface area contributed by atoms with Crippen molar-refractivity contribution in [1.29, 1.82) is 0 Å². The number of anilines is 1. The van der Waals surface area contributed by atoms with Gasteiger partial charge in [-0.3, -0.25) is 0 Å². The summed E-state index contributed by atoms with van der Waals surface area (Å²) in [6.45, 7) is 0.124. The van der Waals surface area contributed by atoms with Gasteiger partial charge in [0.1, 0.15) is 5.76 Å². The van der Waals surface area contributed by atoms with Crippen LogP contribution in [0.4, 0.5) is 5.95 Å². The summed E-state index contributed by atoms with van der Waals surface area (Å²) >= 11 is 0. The first-order valence-corrected chi connectivity index (χ1v) is 6.05. The maximum absolute atomic E-state index is 11.8. The minimum atomic E-state index is -3.84. The lowest BCUT2D eigenvalue weighted by molar-refractivity contribution is 0.417. The number of aromatic nitrogens is 3. The molecule has 2 heterocycles. The molecule has 0 spiro atoms. The van der Waals surface area contributed by atoms with Crippen LogP contribution in [0, 0.1) is 0 Å². The zero-order chi connectivity index (χ0) is 12.3. The Morgan fingerprint density at radius 1 is 1.35 bits per heavy atom. The highest BCUT2D eigenvalue weighted by Gasteiger charge is 2.19. The molecular weight excluding hydrogens is 246 g/mol. The average molecular weight is 255 g/mol. The monoisotopic (exact) mass is 255 g/mol. The van der Waals surface area contributed by atoms with Gasteiger partial charge in [-0.25, -0.2) is 9.71 Å². The lowest BCUT2D eigenvalue weighted by Crippen LogP contribution is -2.14. The molecule has 8 nitrogen and oxygen atoms in total. The van der Waals surface area contributed by atoms with E-state index >= 15 is 0 Å². The molecule has 90 valence electrons. The summed E-state index contributed by atoms with van der Waals surface area (Å²) in [6, 6.07) is 2.79. The van der Waals surface area contributed by atoms with Crippen molar-refractivity contribution >= 4 is 16.0 Å². The van der Waals surface area contributed by atoms with E-state index in [2.05, 4.69) is 19.9 Å². The number of rotatable bonds is 4. The van der Waals surface area contributed by atoms with E-state index in [1.54, 1.807) is 0 Å². The summed E-state index contributed by atoms with van der Waals surface area (Å²) in [5, 5.41) is 6.75. The number of sulfonamides is 1. The molecule has 0 saturated carbocycles. The lowest BCUT2D eigenvalue weighted by Gasteiger charge is -2.01. The van der Waals surface area contributed by atoms with Crippen LogP contribution in [-0.2, 0) is 16.6 Å². The molecule has 0 amide bonds. The largest absolute Gasteiger partial charge is 0.446 e. The quantitative estimate of drug-likeness (QED) is 0.770. The molecular formula is C8H9N5O3S. The van der Waals surface area contributed by atoms with E-state index in [9.17, 15) is 8.42 Å². The maximum atomic E-state index is 11.8. The number of nitrogens with two attached hydrogens (primary N) is 1. The van der Waals surface area contributed by atoms with E-state index in [-0.39, 0.29) is 17.6 Å². The van der Waals surface area contributed by atoms with Gasteiger partial charge in [-0.15, -0.1) is 5.10 Å². The zero-order valence-corrected chi connectivity index (χ0v) is 9.38. The fraction of sp³-hybridized carbons (Fsp3) is 0.125. The Kier molecular flexibility index (Phi) is 3.02. The van der Waals surface area contributed by atoms with Crippen LogP contribution in [0.15, 0.2) is 34.0 Å². The second kappa shape index (κ2) is 4.47. The molecule has 0 saturated heterocycles. The van der Waals surface area contributed by atoms with Gasteiger partial charge in [0, 0.05) is 0 Å². The van der Waals surface area contributed by atoms with Crippen LogP contribution in [0.5, 0.6) is 0 Å². The van der Waals surface area contributed by atoms with E-state index in [1.165, 1.54) is 24.5 Å². The molecule has 0 atom stereocenters. The van der Waals surface area contributed by atoms with Crippen LogP contribution in [0.1, 0.15) is 5.76 Å². The number of hydrogen-bond donors (Lipinski definition) is 2. The first kappa shape index (κ1) is 11.5. The molecule has 2 rings (SSSR count). The van der Waals surface area contributed by atoms with Crippen molar-refractivity contribution in [3.05, 3.63) is 30.3 Å². The van der Waals surface area contributed by atoms with Crippen molar-refractivity contribution in [2.24, 2.45) is 5.73 Å². The number of nitrogens with zero attached hydrogens (tertiary/aromatic N) is 3. The Balaban J connectivity index is 2.25. The predicted octanol–water partition coefficient (Wildman–Crippen LogP) is -0.276. The van der Waals surface area contributed by atoms with Crippen LogP contribution in [-0.4, -0.2) is 23.6 Å². The van der Waals surface area contributed by atoms with E-state index in [0.29, 0.717) is 5.76 Å². The highest BCUT2D eigenvalue weighted by Crippen LogP contribution is 2.15. The second-order valence-corrected chi connectivity index (χ2v) is 4.61. The molecule has 0 bridgehead atoms. The maximum Gasteiger partial charge on any atom is 0.297 e. The topological polar surface area (TPSA) is 124 Å². The highest BCUT2D eigenvalue weighted by atomic mass is 32.2. The van der Waals surface area contributed by atoms with Crippen molar-refractivity contribution in [2.75, 3.05) is 4.72 Å². The average Bonchev–Trinajstić information content (AvgIpc) is 2.79. The summed E-state index contributed by atoms with van der Waals surface area (Å²) in [6.07, 6.45) is 2.65. The molecule has 3 N–H and O–H groups in total. The van der Waals surface area contributed by atoms with Crippen molar-refractivity contribution < 1.29 is 12.8 Å². The second-order valence-electron chi connectivity index (χ2n) is 3.00. The van der Waals surface area contributed by atoms with Gasteiger partial charge in [0.25, 0.3) is 16.0 Å². The van der Waals surface area contributed by atoms with Crippen LogP contribution < -0.4 is 10.5 Å². The fourth-order valence-corrected chi connectivity index (χ4v) is 1.98. The SMILES string of the molecule is NCc1ccc(S(=O)(=O)Nc2nccnn2)o1. The van der Waals surface area contributed by atoms with Gasteiger partial charge in [0.15, 0.2) is 0 Å². The normalized spacial score (nSPS) is 11.4. The molecule has 2 aromatic rings. The van der Waals surface area contributed by atoms with Crippen molar-refractivity contribution in [2.45, 2.75) is 11.6 Å². The first-order valence-electron chi connectivity index (χ1n) is 4.57. The Morgan fingerprint density at radius 2 is 2.18 bits per heavy atom.